The van der Waals surface area contributed by atoms with Crippen LogP contribution in [0.15, 0.2) is 35.1 Å². The average molecular weight is 231 g/mol. The zero-order valence-electron chi connectivity index (χ0n) is 9.32. The van der Waals surface area contributed by atoms with Crippen molar-refractivity contribution in [3.8, 4) is 0 Å². The second-order valence-corrected chi connectivity index (χ2v) is 3.63. The van der Waals surface area contributed by atoms with Gasteiger partial charge in [-0.15, -0.1) is 0 Å². The molecule has 0 bridgehead atoms. The summed E-state index contributed by atoms with van der Waals surface area (Å²) >= 11 is 0. The van der Waals surface area contributed by atoms with Crippen LogP contribution in [0.3, 0.4) is 0 Å². The Morgan fingerprint density at radius 1 is 1.24 bits per heavy atom. The van der Waals surface area contributed by atoms with Gasteiger partial charge in [-0.05, 0) is 19.1 Å². The van der Waals surface area contributed by atoms with Crippen LogP contribution in [0.4, 0.5) is 17.5 Å². The fraction of sp³-hybridized carbons (Fsp3) is 0.0909. The van der Waals surface area contributed by atoms with E-state index in [0.29, 0.717) is 5.82 Å². The molecule has 0 aliphatic carbocycles. The molecule has 17 heavy (non-hydrogen) atoms. The third-order valence-corrected chi connectivity index (χ3v) is 2.15. The van der Waals surface area contributed by atoms with Gasteiger partial charge in [-0.3, -0.25) is 20.6 Å². The fourth-order valence-corrected chi connectivity index (χ4v) is 1.31. The number of nitrogens with zero attached hydrogens (tertiary/aromatic N) is 1. The molecular formula is C11H13N5O. The molecule has 88 valence electrons. The highest BCUT2D eigenvalue weighted by Gasteiger charge is 1.97. The summed E-state index contributed by atoms with van der Waals surface area (Å²) < 4.78 is 0. The van der Waals surface area contributed by atoms with Crippen LogP contribution in [0, 0.1) is 6.92 Å². The summed E-state index contributed by atoms with van der Waals surface area (Å²) in [4.78, 5) is 17.4. The number of hydrazine groups is 1. The van der Waals surface area contributed by atoms with E-state index in [0.717, 1.165) is 5.69 Å². The van der Waals surface area contributed by atoms with Crippen LogP contribution in [-0.4, -0.2) is 9.97 Å². The molecule has 0 amide bonds. The summed E-state index contributed by atoms with van der Waals surface area (Å²) in [5, 5.41) is 0. The third-order valence-electron chi connectivity index (χ3n) is 2.15. The Bertz CT molecular complexity index is 561. The number of aromatic amines is 1. The number of nitrogens with two attached hydrogens (primary N) is 1. The monoisotopic (exact) mass is 231 g/mol. The highest BCUT2D eigenvalue weighted by molar-refractivity contribution is 5.50. The van der Waals surface area contributed by atoms with E-state index in [1.807, 2.05) is 31.2 Å². The number of nitrogens with one attached hydrogen (secondary N) is 3. The Hall–Kier alpha value is -2.50. The second-order valence-electron chi connectivity index (χ2n) is 3.63. The molecule has 1 aromatic heterocycles. The molecule has 0 atom stereocenters. The maximum atomic E-state index is 11.1. The highest BCUT2D eigenvalue weighted by Crippen LogP contribution is 2.09. The molecule has 0 radical (unpaired) electrons. The number of aromatic nitrogens is 2. The number of hydrogen-bond donors (Lipinski definition) is 4. The summed E-state index contributed by atoms with van der Waals surface area (Å²) in [7, 11) is 0. The first-order valence-corrected chi connectivity index (χ1v) is 5.09. The fourth-order valence-electron chi connectivity index (χ4n) is 1.31. The number of H-pyrrole nitrogens is 1. The SMILES string of the molecule is Cc1ccc(NNc2cc(=O)[nH]c(N)n2)cc1. The maximum Gasteiger partial charge on any atom is 0.254 e. The topological polar surface area (TPSA) is 95.8 Å². The van der Waals surface area contributed by atoms with Crippen LogP contribution in [-0.2, 0) is 0 Å². The quantitative estimate of drug-likeness (QED) is 0.593. The van der Waals surface area contributed by atoms with Gasteiger partial charge >= 0.3 is 0 Å². The summed E-state index contributed by atoms with van der Waals surface area (Å²) in [6.07, 6.45) is 0. The van der Waals surface area contributed by atoms with E-state index in [9.17, 15) is 4.79 Å². The molecule has 0 spiro atoms. The summed E-state index contributed by atoms with van der Waals surface area (Å²) in [6, 6.07) is 9.10. The highest BCUT2D eigenvalue weighted by atomic mass is 16.1. The molecule has 0 saturated heterocycles. The van der Waals surface area contributed by atoms with Crippen LogP contribution in [0.2, 0.25) is 0 Å². The van der Waals surface area contributed by atoms with Gasteiger partial charge in [0.15, 0.2) is 5.82 Å². The van der Waals surface area contributed by atoms with Crippen LogP contribution in [0.1, 0.15) is 5.56 Å². The van der Waals surface area contributed by atoms with Gasteiger partial charge in [-0.25, -0.2) is 0 Å². The largest absolute Gasteiger partial charge is 0.369 e. The van der Waals surface area contributed by atoms with E-state index in [4.69, 9.17) is 5.73 Å². The van der Waals surface area contributed by atoms with E-state index in [2.05, 4.69) is 20.8 Å². The Kier molecular flexibility index (Phi) is 2.95. The summed E-state index contributed by atoms with van der Waals surface area (Å²) in [5.41, 5.74) is 12.9. The lowest BCUT2D eigenvalue weighted by Gasteiger charge is -2.08. The van der Waals surface area contributed by atoms with Crippen LogP contribution in [0.25, 0.3) is 0 Å². The molecule has 1 aromatic carbocycles. The average Bonchev–Trinajstić information content (AvgIpc) is 2.27. The minimum Gasteiger partial charge on any atom is -0.369 e. The second kappa shape index (κ2) is 4.56. The van der Waals surface area contributed by atoms with Crippen molar-refractivity contribution in [3.63, 3.8) is 0 Å². The third kappa shape index (κ3) is 2.97. The first kappa shape index (κ1) is 11.0. The van der Waals surface area contributed by atoms with Crippen molar-refractivity contribution in [1.82, 2.24) is 9.97 Å². The number of rotatable bonds is 3. The predicted octanol–water partition coefficient (Wildman–Crippen LogP) is 1.10. The van der Waals surface area contributed by atoms with Crippen molar-refractivity contribution >= 4 is 17.5 Å². The lowest BCUT2D eigenvalue weighted by atomic mass is 10.2. The van der Waals surface area contributed by atoms with Gasteiger partial charge in [-0.1, -0.05) is 17.7 Å². The maximum absolute atomic E-state index is 11.1. The molecule has 0 aliphatic rings. The predicted molar refractivity (Wildman–Crippen MR) is 67.7 cm³/mol. The van der Waals surface area contributed by atoms with Gasteiger partial charge in [-0.2, -0.15) is 4.98 Å². The summed E-state index contributed by atoms with van der Waals surface area (Å²) in [6.45, 7) is 2.01. The van der Waals surface area contributed by atoms with Crippen molar-refractivity contribution in [2.75, 3.05) is 16.6 Å². The minimum atomic E-state index is -0.300. The lowest BCUT2D eigenvalue weighted by molar-refractivity contribution is 1.13. The molecule has 6 heteroatoms. The van der Waals surface area contributed by atoms with Crippen molar-refractivity contribution in [1.29, 1.82) is 0 Å². The Morgan fingerprint density at radius 2 is 1.94 bits per heavy atom. The van der Waals surface area contributed by atoms with E-state index in [1.54, 1.807) is 0 Å². The lowest BCUT2D eigenvalue weighted by Crippen LogP contribution is -2.16. The molecule has 6 nitrogen and oxygen atoms in total. The normalized spacial score (nSPS) is 9.94. The van der Waals surface area contributed by atoms with Gasteiger partial charge in [0, 0.05) is 6.07 Å². The minimum absolute atomic E-state index is 0.0747. The molecule has 0 unspecified atom stereocenters. The number of hydrogen-bond acceptors (Lipinski definition) is 5. The number of anilines is 3. The van der Waals surface area contributed by atoms with Crippen LogP contribution in [0.5, 0.6) is 0 Å². The number of nitrogen functional groups attached to an aromatic ring is 1. The zero-order valence-corrected chi connectivity index (χ0v) is 9.32. The van der Waals surface area contributed by atoms with E-state index in [1.165, 1.54) is 11.6 Å². The van der Waals surface area contributed by atoms with Gasteiger partial charge in [0.1, 0.15) is 0 Å². The standard InChI is InChI=1S/C11H13N5O/c1-7-2-4-8(5-3-7)15-16-9-6-10(17)14-11(12)13-9/h2-6,15H,1H3,(H4,12,13,14,16,17). The van der Waals surface area contributed by atoms with Gasteiger partial charge in [0.05, 0.1) is 5.69 Å². The van der Waals surface area contributed by atoms with Crippen molar-refractivity contribution < 1.29 is 0 Å². The van der Waals surface area contributed by atoms with Gasteiger partial charge in [0.25, 0.3) is 5.56 Å². The molecule has 0 aliphatic heterocycles. The number of aryl methyl sites for hydroxylation is 1. The first-order chi connectivity index (χ1) is 8.13. The molecule has 0 saturated carbocycles. The Morgan fingerprint density at radius 3 is 2.59 bits per heavy atom. The Labute approximate surface area is 97.9 Å². The molecule has 5 N–H and O–H groups in total. The molecule has 2 rings (SSSR count). The van der Waals surface area contributed by atoms with Crippen molar-refractivity contribution in [2.24, 2.45) is 0 Å². The van der Waals surface area contributed by atoms with Gasteiger partial charge in [0.2, 0.25) is 5.95 Å². The zero-order chi connectivity index (χ0) is 12.3. The molecular weight excluding hydrogens is 218 g/mol. The smallest absolute Gasteiger partial charge is 0.254 e. The van der Waals surface area contributed by atoms with Crippen molar-refractivity contribution in [3.05, 3.63) is 46.2 Å². The van der Waals surface area contributed by atoms with E-state index < -0.39 is 0 Å². The molecule has 0 fully saturated rings. The number of benzene rings is 1. The Balaban J connectivity index is 2.07. The van der Waals surface area contributed by atoms with Gasteiger partial charge < -0.3 is 5.73 Å². The molecule has 2 aromatic rings. The van der Waals surface area contributed by atoms with Crippen molar-refractivity contribution in [2.45, 2.75) is 6.92 Å². The van der Waals surface area contributed by atoms with E-state index >= 15 is 0 Å². The first-order valence-electron chi connectivity index (χ1n) is 5.09. The van der Waals surface area contributed by atoms with Crippen LogP contribution < -0.4 is 22.1 Å². The van der Waals surface area contributed by atoms with Crippen LogP contribution >= 0.6 is 0 Å². The summed E-state index contributed by atoms with van der Waals surface area (Å²) in [5.74, 6) is 0.442. The molecule has 1 heterocycles. The van der Waals surface area contributed by atoms with E-state index in [-0.39, 0.29) is 11.5 Å².